The monoisotopic (exact) mass is 402 g/mol. The predicted molar refractivity (Wildman–Crippen MR) is 100 cm³/mol. The van der Waals surface area contributed by atoms with Crippen molar-refractivity contribution in [3.8, 4) is 0 Å². The predicted octanol–water partition coefficient (Wildman–Crippen LogP) is -1.57. The number of nitrogens with zero attached hydrogens (tertiary/aromatic N) is 1. The van der Waals surface area contributed by atoms with Crippen molar-refractivity contribution in [3.63, 3.8) is 0 Å². The summed E-state index contributed by atoms with van der Waals surface area (Å²) >= 11 is 0. The molecule has 0 radical (unpaired) electrons. The van der Waals surface area contributed by atoms with E-state index in [0.717, 1.165) is 12.8 Å². The number of carboxylic acids is 1. The first kappa shape index (κ1) is 23.7. The Balaban J connectivity index is 3.27. The van der Waals surface area contributed by atoms with Crippen LogP contribution in [-0.4, -0.2) is 76.8 Å². The minimum Gasteiger partial charge on any atom is -0.478 e. The first-order chi connectivity index (χ1) is 13.2. The molecule has 0 aromatic carbocycles. The Kier molecular flexibility index (Phi) is 9.69. The van der Waals surface area contributed by atoms with Gasteiger partial charge in [-0.3, -0.25) is 4.79 Å². The van der Waals surface area contributed by atoms with E-state index in [2.05, 4.69) is 10.3 Å². The van der Waals surface area contributed by atoms with Gasteiger partial charge in [0.2, 0.25) is 11.7 Å². The molecule has 11 nitrogen and oxygen atoms in total. The SMILES string of the molecule is CCCCCO[C@H]([C@@H]1OC(C(=O)O)=C[C@H](N=C(N)N)[C@H]1NC(C)=O)[C@H](O)CO. The van der Waals surface area contributed by atoms with Crippen LogP contribution in [0, 0.1) is 0 Å². The number of hydrogen-bond donors (Lipinski definition) is 6. The Bertz CT molecular complexity index is 592. The molecule has 8 N–H and O–H groups in total. The molecule has 28 heavy (non-hydrogen) atoms. The molecular weight excluding hydrogens is 372 g/mol. The first-order valence-corrected chi connectivity index (χ1v) is 9.09. The summed E-state index contributed by atoms with van der Waals surface area (Å²) in [6, 6.07) is -1.90. The van der Waals surface area contributed by atoms with Crippen molar-refractivity contribution >= 4 is 17.8 Å². The van der Waals surface area contributed by atoms with Crippen LogP contribution >= 0.6 is 0 Å². The van der Waals surface area contributed by atoms with Crippen LogP contribution in [0.3, 0.4) is 0 Å². The third-order valence-corrected chi connectivity index (χ3v) is 4.13. The Morgan fingerprint density at radius 2 is 2.07 bits per heavy atom. The van der Waals surface area contributed by atoms with Gasteiger partial charge in [0.1, 0.15) is 12.2 Å². The molecule has 11 heteroatoms. The van der Waals surface area contributed by atoms with Crippen LogP contribution in [0.1, 0.15) is 33.1 Å². The molecule has 0 saturated carbocycles. The number of nitrogens with two attached hydrogens (primary N) is 2. The van der Waals surface area contributed by atoms with Crippen molar-refractivity contribution in [2.75, 3.05) is 13.2 Å². The van der Waals surface area contributed by atoms with Crippen LogP contribution in [0.15, 0.2) is 16.8 Å². The summed E-state index contributed by atoms with van der Waals surface area (Å²) in [5.41, 5.74) is 10.9. The molecule has 0 aromatic heterocycles. The molecule has 0 aromatic rings. The molecule has 0 bridgehead atoms. The minimum atomic E-state index is -1.38. The summed E-state index contributed by atoms with van der Waals surface area (Å²) in [6.45, 7) is 2.88. The van der Waals surface area contributed by atoms with Crippen molar-refractivity contribution in [2.45, 2.75) is 63.5 Å². The van der Waals surface area contributed by atoms with E-state index in [1.165, 1.54) is 13.0 Å². The highest BCUT2D eigenvalue weighted by Crippen LogP contribution is 2.26. The van der Waals surface area contributed by atoms with E-state index in [0.29, 0.717) is 6.42 Å². The van der Waals surface area contributed by atoms with Gasteiger partial charge >= 0.3 is 5.97 Å². The van der Waals surface area contributed by atoms with Gasteiger partial charge in [0.15, 0.2) is 12.1 Å². The number of carbonyl (C=O) groups is 2. The average molecular weight is 402 g/mol. The van der Waals surface area contributed by atoms with Gasteiger partial charge in [0.25, 0.3) is 0 Å². The molecule has 1 amide bonds. The van der Waals surface area contributed by atoms with E-state index >= 15 is 0 Å². The van der Waals surface area contributed by atoms with Gasteiger partial charge in [-0.05, 0) is 12.5 Å². The zero-order chi connectivity index (χ0) is 21.3. The van der Waals surface area contributed by atoms with Crippen LogP contribution in [0.5, 0.6) is 0 Å². The van der Waals surface area contributed by atoms with E-state index in [4.69, 9.17) is 20.9 Å². The lowest BCUT2D eigenvalue weighted by Crippen LogP contribution is -2.60. The van der Waals surface area contributed by atoms with E-state index in [1.807, 2.05) is 6.92 Å². The van der Waals surface area contributed by atoms with Gasteiger partial charge in [-0.15, -0.1) is 0 Å². The van der Waals surface area contributed by atoms with E-state index < -0.39 is 54.6 Å². The lowest BCUT2D eigenvalue weighted by molar-refractivity contribution is -0.153. The standard InChI is InChI=1S/C17H30N4O7/c1-3-4-5-6-27-14(11(24)8-22)15-13(20-9(2)23)10(21-17(18)19)7-12(28-15)16(25)26/h7,10-11,13-15,22,24H,3-6,8H2,1-2H3,(H,20,23)(H,25,26)(H4,18,19,21)/t10-,11+,13+,14-,15+/m0/s1. The van der Waals surface area contributed by atoms with Gasteiger partial charge in [0, 0.05) is 13.5 Å². The number of rotatable bonds is 11. The number of aliphatic imine (C=N–C) groups is 1. The summed E-state index contributed by atoms with van der Waals surface area (Å²) in [5.74, 6) is -2.57. The number of aliphatic hydroxyl groups excluding tert-OH is 2. The van der Waals surface area contributed by atoms with Gasteiger partial charge in [-0.2, -0.15) is 0 Å². The number of unbranched alkanes of at least 4 members (excludes halogenated alkanes) is 2. The van der Waals surface area contributed by atoms with Crippen molar-refractivity contribution in [1.29, 1.82) is 0 Å². The lowest BCUT2D eigenvalue weighted by Gasteiger charge is -2.40. The molecule has 1 aliphatic rings. The second-order valence-electron chi connectivity index (χ2n) is 6.48. The number of ether oxygens (including phenoxy) is 2. The number of nitrogens with one attached hydrogen (secondary N) is 1. The molecule has 1 aliphatic heterocycles. The maximum Gasteiger partial charge on any atom is 0.370 e. The molecule has 1 heterocycles. The molecule has 0 fully saturated rings. The topological polar surface area (TPSA) is 190 Å². The van der Waals surface area contributed by atoms with Crippen molar-refractivity contribution in [2.24, 2.45) is 16.5 Å². The highest BCUT2D eigenvalue weighted by Gasteiger charge is 2.45. The Hall–Kier alpha value is -2.37. The smallest absolute Gasteiger partial charge is 0.370 e. The van der Waals surface area contributed by atoms with Gasteiger partial charge in [-0.25, -0.2) is 9.79 Å². The summed E-state index contributed by atoms with van der Waals surface area (Å²) in [4.78, 5) is 27.1. The number of carbonyl (C=O) groups excluding carboxylic acids is 1. The number of aliphatic hydroxyl groups is 2. The second kappa shape index (κ2) is 11.5. The number of aliphatic carboxylic acids is 1. The van der Waals surface area contributed by atoms with Crippen molar-refractivity contribution < 1.29 is 34.4 Å². The summed E-state index contributed by atoms with van der Waals surface area (Å²) in [5, 5.41) is 31.6. The molecule has 160 valence electrons. The Labute approximate surface area is 163 Å². The summed E-state index contributed by atoms with van der Waals surface area (Å²) in [6.07, 6.45) is 0.0367. The maximum absolute atomic E-state index is 11.7. The zero-order valence-corrected chi connectivity index (χ0v) is 16.1. The van der Waals surface area contributed by atoms with Crippen molar-refractivity contribution in [3.05, 3.63) is 11.8 Å². The van der Waals surface area contributed by atoms with Gasteiger partial charge < -0.3 is 41.6 Å². The summed E-state index contributed by atoms with van der Waals surface area (Å²) in [7, 11) is 0. The molecule has 0 aliphatic carbocycles. The number of amides is 1. The number of hydrogen-bond acceptors (Lipinski definition) is 7. The number of carboxylic acid groups (broad SMARTS) is 1. The van der Waals surface area contributed by atoms with Crippen LogP contribution in [0.4, 0.5) is 0 Å². The van der Waals surface area contributed by atoms with Gasteiger partial charge in [-0.1, -0.05) is 19.8 Å². The molecule has 0 spiro atoms. The highest BCUT2D eigenvalue weighted by atomic mass is 16.6. The third-order valence-electron chi connectivity index (χ3n) is 4.13. The first-order valence-electron chi connectivity index (χ1n) is 9.09. The maximum atomic E-state index is 11.7. The fourth-order valence-corrected chi connectivity index (χ4v) is 2.90. The largest absolute Gasteiger partial charge is 0.478 e. The van der Waals surface area contributed by atoms with E-state index in [9.17, 15) is 24.9 Å². The fraction of sp³-hybridized carbons (Fsp3) is 0.706. The Morgan fingerprint density at radius 1 is 1.39 bits per heavy atom. The molecule has 5 atom stereocenters. The average Bonchev–Trinajstić information content (AvgIpc) is 2.61. The zero-order valence-electron chi connectivity index (χ0n) is 16.1. The molecule has 0 unspecified atom stereocenters. The summed E-state index contributed by atoms with van der Waals surface area (Å²) < 4.78 is 11.2. The van der Waals surface area contributed by atoms with Crippen LogP contribution in [0.25, 0.3) is 0 Å². The third kappa shape index (κ3) is 6.98. The lowest BCUT2D eigenvalue weighted by atomic mass is 9.92. The van der Waals surface area contributed by atoms with Crippen LogP contribution in [0.2, 0.25) is 0 Å². The molecular formula is C17H30N4O7. The fourth-order valence-electron chi connectivity index (χ4n) is 2.90. The minimum absolute atomic E-state index is 0.251. The van der Waals surface area contributed by atoms with Gasteiger partial charge in [0.05, 0.1) is 18.7 Å². The highest BCUT2D eigenvalue weighted by molar-refractivity contribution is 5.85. The van der Waals surface area contributed by atoms with Crippen molar-refractivity contribution in [1.82, 2.24) is 5.32 Å². The van der Waals surface area contributed by atoms with Crippen LogP contribution in [-0.2, 0) is 19.1 Å². The number of guanidine groups is 1. The molecule has 0 saturated heterocycles. The normalized spacial score (nSPS) is 23.7. The second-order valence-corrected chi connectivity index (χ2v) is 6.48. The van der Waals surface area contributed by atoms with Crippen LogP contribution < -0.4 is 16.8 Å². The quantitative estimate of drug-likeness (QED) is 0.135. The van der Waals surface area contributed by atoms with E-state index in [-0.39, 0.29) is 12.6 Å². The Morgan fingerprint density at radius 3 is 2.57 bits per heavy atom. The van der Waals surface area contributed by atoms with E-state index in [1.54, 1.807) is 0 Å². The molecule has 1 rings (SSSR count).